The van der Waals surface area contributed by atoms with Crippen molar-refractivity contribution in [3.63, 3.8) is 0 Å². The van der Waals surface area contributed by atoms with E-state index < -0.39 is 16.0 Å². The summed E-state index contributed by atoms with van der Waals surface area (Å²) in [7, 11) is -3.46. The highest BCUT2D eigenvalue weighted by molar-refractivity contribution is 7.89. The molecule has 0 saturated heterocycles. The van der Waals surface area contributed by atoms with E-state index in [0.29, 0.717) is 12.1 Å². The van der Waals surface area contributed by atoms with Crippen molar-refractivity contribution in [3.05, 3.63) is 35.4 Å². The van der Waals surface area contributed by atoms with Crippen molar-refractivity contribution in [1.29, 1.82) is 0 Å². The van der Waals surface area contributed by atoms with Gasteiger partial charge in [-0.2, -0.15) is 0 Å². The number of carboxylic acids is 1. The van der Waals surface area contributed by atoms with E-state index in [-0.39, 0.29) is 10.5 Å². The topological polar surface area (TPSA) is 83.5 Å². The van der Waals surface area contributed by atoms with Gasteiger partial charge in [-0.1, -0.05) is 19.1 Å². The average Bonchev–Trinajstić information content (AvgIpc) is 2.29. The van der Waals surface area contributed by atoms with Crippen LogP contribution in [0.4, 0.5) is 0 Å². The standard InChI is InChI=1S/C12H15NO4S/c1-3-13-18(16,17)11-6-4-10(5-7-11)8-9(2)12(14)15/h4-8,13H,3H2,1-2H3,(H,14,15). The Hall–Kier alpha value is -1.66. The molecule has 1 rings (SSSR count). The summed E-state index contributed by atoms with van der Waals surface area (Å²) in [6.45, 7) is 3.50. The lowest BCUT2D eigenvalue weighted by atomic mass is 10.1. The van der Waals surface area contributed by atoms with Crippen LogP contribution < -0.4 is 4.72 Å². The van der Waals surface area contributed by atoms with E-state index >= 15 is 0 Å². The van der Waals surface area contributed by atoms with Crippen LogP contribution in [0.25, 0.3) is 6.08 Å². The van der Waals surface area contributed by atoms with Gasteiger partial charge in [0.1, 0.15) is 0 Å². The average molecular weight is 269 g/mol. The predicted molar refractivity (Wildman–Crippen MR) is 68.6 cm³/mol. The number of carbonyl (C=O) groups is 1. The Balaban J connectivity index is 3.01. The van der Waals surface area contributed by atoms with Gasteiger partial charge in [-0.3, -0.25) is 0 Å². The smallest absolute Gasteiger partial charge is 0.331 e. The maximum absolute atomic E-state index is 11.7. The second-order valence-corrected chi connectivity index (χ2v) is 5.47. The molecule has 0 fully saturated rings. The van der Waals surface area contributed by atoms with Crippen LogP contribution in [0.2, 0.25) is 0 Å². The Kier molecular flexibility index (Phi) is 4.63. The van der Waals surface area contributed by atoms with E-state index in [1.165, 1.54) is 25.1 Å². The lowest BCUT2D eigenvalue weighted by molar-refractivity contribution is -0.132. The van der Waals surface area contributed by atoms with Crippen LogP contribution in [0.1, 0.15) is 19.4 Å². The molecule has 0 spiro atoms. The molecule has 0 heterocycles. The van der Waals surface area contributed by atoms with Crippen molar-refractivity contribution in [2.45, 2.75) is 18.7 Å². The molecule has 0 bridgehead atoms. The fraction of sp³-hybridized carbons (Fsp3) is 0.250. The Morgan fingerprint density at radius 2 is 1.89 bits per heavy atom. The van der Waals surface area contributed by atoms with Gasteiger partial charge in [0, 0.05) is 12.1 Å². The van der Waals surface area contributed by atoms with Crippen LogP contribution in [0.3, 0.4) is 0 Å². The van der Waals surface area contributed by atoms with E-state index in [2.05, 4.69) is 4.72 Å². The molecule has 18 heavy (non-hydrogen) atoms. The minimum atomic E-state index is -3.46. The first-order valence-corrected chi connectivity index (χ1v) is 6.86. The zero-order valence-electron chi connectivity index (χ0n) is 10.2. The van der Waals surface area contributed by atoms with E-state index in [1.54, 1.807) is 19.1 Å². The van der Waals surface area contributed by atoms with E-state index in [4.69, 9.17) is 5.11 Å². The molecule has 1 aromatic rings. The first-order valence-electron chi connectivity index (χ1n) is 5.38. The zero-order valence-corrected chi connectivity index (χ0v) is 11.0. The highest BCUT2D eigenvalue weighted by atomic mass is 32.2. The normalized spacial score (nSPS) is 12.4. The number of aliphatic carboxylic acids is 1. The van der Waals surface area contributed by atoms with Crippen molar-refractivity contribution in [2.24, 2.45) is 0 Å². The van der Waals surface area contributed by atoms with Crippen LogP contribution >= 0.6 is 0 Å². The molecule has 0 atom stereocenters. The van der Waals surface area contributed by atoms with Gasteiger partial charge in [-0.25, -0.2) is 17.9 Å². The molecule has 1 aromatic carbocycles. The minimum Gasteiger partial charge on any atom is -0.478 e. The summed E-state index contributed by atoms with van der Waals surface area (Å²) in [5.41, 5.74) is 0.836. The largest absolute Gasteiger partial charge is 0.478 e. The molecule has 0 saturated carbocycles. The summed E-state index contributed by atoms with van der Waals surface area (Å²) in [5, 5.41) is 8.72. The van der Waals surface area contributed by atoms with Crippen molar-refractivity contribution in [2.75, 3.05) is 6.54 Å². The van der Waals surface area contributed by atoms with Gasteiger partial charge in [0.25, 0.3) is 0 Å². The number of carboxylic acid groups (broad SMARTS) is 1. The Labute approximate surface area is 106 Å². The van der Waals surface area contributed by atoms with Crippen LogP contribution in [0.15, 0.2) is 34.7 Å². The van der Waals surface area contributed by atoms with Gasteiger partial charge < -0.3 is 5.11 Å². The molecule has 0 aromatic heterocycles. The molecule has 0 aliphatic rings. The Morgan fingerprint density at radius 1 is 1.33 bits per heavy atom. The third kappa shape index (κ3) is 3.68. The Bertz CT molecular complexity index is 558. The molecule has 0 amide bonds. The predicted octanol–water partition coefficient (Wildman–Crippen LogP) is 1.47. The summed E-state index contributed by atoms with van der Waals surface area (Å²) in [5.74, 6) is -1.00. The van der Waals surface area contributed by atoms with Crippen LogP contribution in [-0.4, -0.2) is 26.0 Å². The highest BCUT2D eigenvalue weighted by Gasteiger charge is 2.11. The summed E-state index contributed by atoms with van der Waals surface area (Å²) in [6, 6.07) is 6.02. The van der Waals surface area contributed by atoms with E-state index in [0.717, 1.165) is 0 Å². The summed E-state index contributed by atoms with van der Waals surface area (Å²) in [6.07, 6.45) is 1.48. The molecule has 0 radical (unpaired) electrons. The summed E-state index contributed by atoms with van der Waals surface area (Å²) >= 11 is 0. The third-order valence-electron chi connectivity index (χ3n) is 2.25. The van der Waals surface area contributed by atoms with Crippen molar-refractivity contribution >= 4 is 22.1 Å². The fourth-order valence-corrected chi connectivity index (χ4v) is 2.37. The maximum atomic E-state index is 11.7. The Morgan fingerprint density at radius 3 is 2.33 bits per heavy atom. The minimum absolute atomic E-state index is 0.162. The lowest BCUT2D eigenvalue weighted by Gasteiger charge is -2.04. The molecule has 6 heteroatoms. The van der Waals surface area contributed by atoms with Crippen molar-refractivity contribution in [3.8, 4) is 0 Å². The summed E-state index contributed by atoms with van der Waals surface area (Å²) in [4.78, 5) is 10.8. The second kappa shape index (κ2) is 5.79. The van der Waals surface area contributed by atoms with Crippen molar-refractivity contribution < 1.29 is 18.3 Å². The summed E-state index contributed by atoms with van der Waals surface area (Å²) < 4.78 is 25.7. The first kappa shape index (κ1) is 14.4. The maximum Gasteiger partial charge on any atom is 0.331 e. The quantitative estimate of drug-likeness (QED) is 0.793. The number of benzene rings is 1. The van der Waals surface area contributed by atoms with E-state index in [1.807, 2.05) is 0 Å². The van der Waals surface area contributed by atoms with Gasteiger partial charge in [0.05, 0.1) is 4.90 Å². The monoisotopic (exact) mass is 269 g/mol. The van der Waals surface area contributed by atoms with Gasteiger partial charge in [-0.05, 0) is 30.7 Å². The van der Waals surface area contributed by atoms with Gasteiger partial charge in [0.2, 0.25) is 10.0 Å². The number of rotatable bonds is 5. The number of hydrogen-bond acceptors (Lipinski definition) is 3. The number of hydrogen-bond donors (Lipinski definition) is 2. The number of sulfonamides is 1. The second-order valence-electron chi connectivity index (χ2n) is 3.70. The third-order valence-corrected chi connectivity index (χ3v) is 3.81. The molecule has 98 valence electrons. The van der Waals surface area contributed by atoms with E-state index in [9.17, 15) is 13.2 Å². The fourth-order valence-electron chi connectivity index (χ4n) is 1.33. The highest BCUT2D eigenvalue weighted by Crippen LogP contribution is 2.13. The van der Waals surface area contributed by atoms with Crippen LogP contribution in [0, 0.1) is 0 Å². The molecular weight excluding hydrogens is 254 g/mol. The SMILES string of the molecule is CCNS(=O)(=O)c1ccc(C=C(C)C(=O)O)cc1. The van der Waals surface area contributed by atoms with Crippen molar-refractivity contribution in [1.82, 2.24) is 4.72 Å². The molecule has 2 N–H and O–H groups in total. The first-order chi connectivity index (χ1) is 8.36. The molecular formula is C12H15NO4S. The number of nitrogens with one attached hydrogen (secondary N) is 1. The van der Waals surface area contributed by atoms with Gasteiger partial charge in [0.15, 0.2) is 0 Å². The van der Waals surface area contributed by atoms with Crippen LogP contribution in [-0.2, 0) is 14.8 Å². The van der Waals surface area contributed by atoms with Gasteiger partial charge in [-0.15, -0.1) is 0 Å². The van der Waals surface area contributed by atoms with Gasteiger partial charge >= 0.3 is 5.97 Å². The van der Waals surface area contributed by atoms with Crippen LogP contribution in [0.5, 0.6) is 0 Å². The molecule has 0 aliphatic carbocycles. The lowest BCUT2D eigenvalue weighted by Crippen LogP contribution is -2.22. The molecule has 5 nitrogen and oxygen atoms in total. The zero-order chi connectivity index (χ0) is 13.8. The molecule has 0 unspecified atom stereocenters. The molecule has 0 aliphatic heterocycles.